The minimum atomic E-state index is -0.683. The first-order valence-electron chi connectivity index (χ1n) is 5.10. The van der Waals surface area contributed by atoms with Crippen LogP contribution in [-0.2, 0) is 13.1 Å². The maximum absolute atomic E-state index is 11.8. The summed E-state index contributed by atoms with van der Waals surface area (Å²) in [5.41, 5.74) is -1.06. The molecule has 0 bridgehead atoms. The number of nitrogens with zero attached hydrogens (tertiary/aromatic N) is 4. The third-order valence-electron chi connectivity index (χ3n) is 2.36. The summed E-state index contributed by atoms with van der Waals surface area (Å²) in [5.74, 6) is 0. The van der Waals surface area contributed by atoms with E-state index in [-0.39, 0.29) is 0 Å². The molecule has 0 N–H and O–H groups in total. The predicted molar refractivity (Wildman–Crippen MR) is 67.3 cm³/mol. The number of rotatable bonds is 4. The van der Waals surface area contributed by atoms with Gasteiger partial charge in [-0.3, -0.25) is 19.6 Å². The van der Waals surface area contributed by atoms with Crippen molar-refractivity contribution in [3.05, 3.63) is 55.7 Å². The van der Waals surface area contributed by atoms with Crippen molar-refractivity contribution in [2.75, 3.05) is 0 Å². The van der Waals surface area contributed by atoms with E-state index in [4.69, 9.17) is 0 Å². The van der Waals surface area contributed by atoms with Gasteiger partial charge in [0.1, 0.15) is 0 Å². The summed E-state index contributed by atoms with van der Waals surface area (Å²) in [6, 6.07) is 2.97. The van der Waals surface area contributed by atoms with Crippen molar-refractivity contribution in [3.63, 3.8) is 0 Å². The van der Waals surface area contributed by atoms with E-state index in [2.05, 4.69) is 21.0 Å². The van der Waals surface area contributed by atoms with E-state index in [1.165, 1.54) is 16.8 Å². The molecule has 0 fully saturated rings. The van der Waals surface area contributed by atoms with E-state index < -0.39 is 16.2 Å². The lowest BCUT2D eigenvalue weighted by Crippen LogP contribution is -2.24. The largest absolute Gasteiger partial charge is 0.335 e. The van der Waals surface area contributed by atoms with Crippen molar-refractivity contribution >= 4 is 21.6 Å². The lowest BCUT2D eigenvalue weighted by atomic mass is 10.4. The van der Waals surface area contributed by atoms with Gasteiger partial charge < -0.3 is 4.57 Å². The Morgan fingerprint density at radius 1 is 1.44 bits per heavy atom. The van der Waals surface area contributed by atoms with E-state index in [0.717, 1.165) is 0 Å². The van der Waals surface area contributed by atoms with Crippen LogP contribution in [0.2, 0.25) is 0 Å². The van der Waals surface area contributed by atoms with Gasteiger partial charge in [-0.25, -0.2) is 0 Å². The fraction of sp³-hybridized carbons (Fsp3) is 0.200. The molecule has 2 heterocycles. The monoisotopic (exact) mass is 312 g/mol. The highest BCUT2D eigenvalue weighted by atomic mass is 79.9. The Balaban J connectivity index is 2.27. The second-order valence-electron chi connectivity index (χ2n) is 3.57. The lowest BCUT2D eigenvalue weighted by molar-refractivity contribution is -0.386. The molecule has 0 atom stereocenters. The molecule has 2 aromatic rings. The molecule has 0 aromatic carbocycles. The number of nitro groups is 1. The number of pyridine rings is 1. The number of hydrogen-bond donors (Lipinski definition) is 0. The highest BCUT2D eigenvalue weighted by Crippen LogP contribution is 2.13. The standard InChI is InChI=1S/C10H9BrN4O3/c11-8-6-9(15(17)18)10(16)13(7-8)4-5-14-3-1-2-12-14/h1-3,6-7H,4-5H2. The SMILES string of the molecule is O=c1c([N+](=O)[O-])cc(Br)cn1CCn1cccn1. The van der Waals surface area contributed by atoms with Gasteiger partial charge in [-0.05, 0) is 22.0 Å². The summed E-state index contributed by atoms with van der Waals surface area (Å²) >= 11 is 3.15. The van der Waals surface area contributed by atoms with E-state index in [9.17, 15) is 14.9 Å². The molecule has 7 nitrogen and oxygen atoms in total. The van der Waals surface area contributed by atoms with Crippen LogP contribution in [-0.4, -0.2) is 19.3 Å². The van der Waals surface area contributed by atoms with Gasteiger partial charge in [0.05, 0.1) is 11.5 Å². The molecule has 0 aliphatic heterocycles. The van der Waals surface area contributed by atoms with Crippen LogP contribution in [0.4, 0.5) is 5.69 Å². The van der Waals surface area contributed by atoms with Gasteiger partial charge in [0.25, 0.3) is 0 Å². The minimum absolute atomic E-state index is 0.320. The molecule has 0 aliphatic carbocycles. The van der Waals surface area contributed by atoms with Crippen LogP contribution >= 0.6 is 15.9 Å². The van der Waals surface area contributed by atoms with Gasteiger partial charge >= 0.3 is 11.2 Å². The van der Waals surface area contributed by atoms with E-state index >= 15 is 0 Å². The predicted octanol–water partition coefficient (Wildman–Crippen LogP) is 1.42. The zero-order valence-corrected chi connectivity index (χ0v) is 10.8. The molecule has 0 spiro atoms. The van der Waals surface area contributed by atoms with Crippen LogP contribution in [0.5, 0.6) is 0 Å². The molecule has 94 valence electrons. The van der Waals surface area contributed by atoms with Crippen LogP contribution in [0.25, 0.3) is 0 Å². The van der Waals surface area contributed by atoms with Gasteiger partial charge in [0, 0.05) is 35.7 Å². The number of hydrogen-bond acceptors (Lipinski definition) is 4. The van der Waals surface area contributed by atoms with Crippen molar-refractivity contribution in [2.45, 2.75) is 13.1 Å². The Morgan fingerprint density at radius 2 is 2.22 bits per heavy atom. The lowest BCUT2D eigenvalue weighted by Gasteiger charge is -2.06. The Kier molecular flexibility index (Phi) is 3.56. The van der Waals surface area contributed by atoms with Crippen molar-refractivity contribution in [2.24, 2.45) is 0 Å². The van der Waals surface area contributed by atoms with Gasteiger partial charge in [-0.2, -0.15) is 5.10 Å². The third kappa shape index (κ3) is 2.65. The van der Waals surface area contributed by atoms with Crippen LogP contribution < -0.4 is 5.56 Å². The maximum atomic E-state index is 11.8. The maximum Gasteiger partial charge on any atom is 0.335 e. The quantitative estimate of drug-likeness (QED) is 0.631. The van der Waals surface area contributed by atoms with E-state index in [0.29, 0.717) is 17.6 Å². The fourth-order valence-corrected chi connectivity index (χ4v) is 1.99. The first kappa shape index (κ1) is 12.5. The average Bonchev–Trinajstić information content (AvgIpc) is 2.82. The summed E-state index contributed by atoms with van der Waals surface area (Å²) in [6.45, 7) is 0.793. The van der Waals surface area contributed by atoms with E-state index in [1.807, 2.05) is 0 Å². The van der Waals surface area contributed by atoms with Crippen LogP contribution in [0.15, 0.2) is 40.0 Å². The Hall–Kier alpha value is -1.96. The smallest absolute Gasteiger partial charge is 0.307 e. The van der Waals surface area contributed by atoms with Crippen molar-refractivity contribution in [3.8, 4) is 0 Å². The summed E-state index contributed by atoms with van der Waals surface area (Å²) in [6.07, 6.45) is 4.92. The second-order valence-corrected chi connectivity index (χ2v) is 4.48. The third-order valence-corrected chi connectivity index (χ3v) is 2.79. The van der Waals surface area contributed by atoms with Crippen LogP contribution in [0.3, 0.4) is 0 Å². The van der Waals surface area contributed by atoms with Crippen molar-refractivity contribution in [1.29, 1.82) is 0 Å². The molecule has 18 heavy (non-hydrogen) atoms. The molecule has 2 rings (SSSR count). The fourth-order valence-electron chi connectivity index (χ4n) is 1.52. The topological polar surface area (TPSA) is 83.0 Å². The molecule has 0 saturated heterocycles. The minimum Gasteiger partial charge on any atom is -0.307 e. The number of aryl methyl sites for hydroxylation is 2. The first-order chi connectivity index (χ1) is 8.58. The molecular weight excluding hydrogens is 304 g/mol. The Morgan fingerprint density at radius 3 is 2.83 bits per heavy atom. The number of aromatic nitrogens is 3. The zero-order chi connectivity index (χ0) is 13.1. The van der Waals surface area contributed by atoms with Gasteiger partial charge in [-0.1, -0.05) is 0 Å². The summed E-state index contributed by atoms with van der Waals surface area (Å²) in [7, 11) is 0. The van der Waals surface area contributed by atoms with Crippen molar-refractivity contribution in [1.82, 2.24) is 14.3 Å². The summed E-state index contributed by atoms with van der Waals surface area (Å²) in [4.78, 5) is 21.8. The molecule has 0 amide bonds. The zero-order valence-electron chi connectivity index (χ0n) is 9.19. The molecule has 0 saturated carbocycles. The summed E-state index contributed by atoms with van der Waals surface area (Å²) < 4.78 is 3.44. The van der Waals surface area contributed by atoms with E-state index in [1.54, 1.807) is 23.1 Å². The van der Waals surface area contributed by atoms with Crippen LogP contribution in [0, 0.1) is 10.1 Å². The Bertz CT molecular complexity index is 621. The average molecular weight is 313 g/mol. The van der Waals surface area contributed by atoms with Crippen LogP contribution in [0.1, 0.15) is 0 Å². The second kappa shape index (κ2) is 5.13. The summed E-state index contributed by atoms with van der Waals surface area (Å²) in [5, 5.41) is 14.7. The molecule has 8 heteroatoms. The normalized spacial score (nSPS) is 10.5. The molecule has 0 unspecified atom stereocenters. The molecule has 2 aromatic heterocycles. The highest BCUT2D eigenvalue weighted by Gasteiger charge is 2.15. The molecule has 0 aliphatic rings. The van der Waals surface area contributed by atoms with Gasteiger partial charge in [0.2, 0.25) is 0 Å². The van der Waals surface area contributed by atoms with Gasteiger partial charge in [-0.15, -0.1) is 0 Å². The molecule has 0 radical (unpaired) electrons. The van der Waals surface area contributed by atoms with Crippen molar-refractivity contribution < 1.29 is 4.92 Å². The highest BCUT2D eigenvalue weighted by molar-refractivity contribution is 9.10. The Labute approximate surface area is 110 Å². The van der Waals surface area contributed by atoms with Gasteiger partial charge in [0.15, 0.2) is 0 Å². The molecular formula is C10H9BrN4O3. The first-order valence-corrected chi connectivity index (χ1v) is 5.89. The number of halogens is 1.